The van der Waals surface area contributed by atoms with Crippen LogP contribution in [-0.4, -0.2) is 18.1 Å². The second kappa shape index (κ2) is 6.53. The number of halogens is 2. The Balaban J connectivity index is 1.57. The van der Waals surface area contributed by atoms with Gasteiger partial charge in [0, 0.05) is 13.1 Å². The summed E-state index contributed by atoms with van der Waals surface area (Å²) >= 11 is 5.72. The van der Waals surface area contributed by atoms with Crippen LogP contribution in [0.15, 0.2) is 36.5 Å². The highest BCUT2D eigenvalue weighted by Gasteiger charge is 2.20. The van der Waals surface area contributed by atoms with Crippen molar-refractivity contribution in [2.24, 2.45) is 5.92 Å². The predicted molar refractivity (Wildman–Crippen MR) is 88.7 cm³/mol. The van der Waals surface area contributed by atoms with Crippen molar-refractivity contribution in [1.82, 2.24) is 4.98 Å². The molecule has 0 saturated carbocycles. The molecule has 5 heteroatoms. The summed E-state index contributed by atoms with van der Waals surface area (Å²) in [6.45, 7) is 1.94. The fourth-order valence-corrected chi connectivity index (χ4v) is 3.07. The van der Waals surface area contributed by atoms with E-state index in [1.165, 1.54) is 0 Å². The van der Waals surface area contributed by atoms with Crippen molar-refractivity contribution >= 4 is 23.1 Å². The van der Waals surface area contributed by atoms with Gasteiger partial charge in [-0.3, -0.25) is 0 Å². The zero-order valence-electron chi connectivity index (χ0n) is 12.3. The van der Waals surface area contributed by atoms with Crippen LogP contribution in [-0.2, 0) is 6.42 Å². The molecule has 0 aliphatic carbocycles. The average Bonchev–Trinajstić information content (AvgIpc) is 2.53. The van der Waals surface area contributed by atoms with Crippen molar-refractivity contribution in [3.05, 3.63) is 52.9 Å². The highest BCUT2D eigenvalue weighted by atomic mass is 35.5. The number of rotatable bonds is 3. The normalized spacial score (nSPS) is 16.0. The molecule has 2 aromatic rings. The van der Waals surface area contributed by atoms with E-state index in [0.717, 1.165) is 43.7 Å². The highest BCUT2D eigenvalue weighted by molar-refractivity contribution is 6.30. The molecule has 0 atom stereocenters. The van der Waals surface area contributed by atoms with Crippen molar-refractivity contribution < 1.29 is 4.39 Å². The first-order valence-corrected chi connectivity index (χ1v) is 7.90. The minimum atomic E-state index is -0.331. The molecule has 1 saturated heterocycles. The summed E-state index contributed by atoms with van der Waals surface area (Å²) in [6.07, 6.45) is 4.75. The third kappa shape index (κ3) is 3.50. The van der Waals surface area contributed by atoms with Gasteiger partial charge in [0.05, 0.1) is 16.9 Å². The smallest absolute Gasteiger partial charge is 0.142 e. The molecule has 0 bridgehead atoms. The van der Waals surface area contributed by atoms with Gasteiger partial charge in [-0.2, -0.15) is 0 Å². The molecule has 1 aromatic heterocycles. The first kappa shape index (κ1) is 15.1. The maximum absolute atomic E-state index is 13.5. The molecular weight excluding hydrogens is 301 g/mol. The number of anilines is 2. The number of nitrogen functional groups attached to an aromatic ring is 1. The first-order valence-electron chi connectivity index (χ1n) is 7.52. The lowest BCUT2D eigenvalue weighted by Gasteiger charge is -2.33. The third-order valence-electron chi connectivity index (χ3n) is 4.22. The number of nitrogens with two attached hydrogens (primary N) is 1. The first-order chi connectivity index (χ1) is 10.6. The zero-order chi connectivity index (χ0) is 15.5. The van der Waals surface area contributed by atoms with Gasteiger partial charge in [-0.15, -0.1) is 0 Å². The molecule has 2 heterocycles. The van der Waals surface area contributed by atoms with E-state index >= 15 is 0 Å². The van der Waals surface area contributed by atoms with Gasteiger partial charge in [0.1, 0.15) is 11.6 Å². The Morgan fingerprint density at radius 2 is 2.00 bits per heavy atom. The van der Waals surface area contributed by atoms with Crippen molar-refractivity contribution in [3.8, 4) is 0 Å². The fourth-order valence-electron chi connectivity index (χ4n) is 2.95. The molecule has 0 unspecified atom stereocenters. The Morgan fingerprint density at radius 3 is 2.64 bits per heavy atom. The van der Waals surface area contributed by atoms with E-state index in [-0.39, 0.29) is 10.8 Å². The number of benzene rings is 1. The molecule has 0 radical (unpaired) electrons. The molecule has 1 aliphatic rings. The molecular formula is C17H19ClFN3. The van der Waals surface area contributed by atoms with Crippen LogP contribution >= 0.6 is 11.6 Å². The summed E-state index contributed by atoms with van der Waals surface area (Å²) in [6, 6.07) is 8.95. The Labute approximate surface area is 134 Å². The van der Waals surface area contributed by atoms with Crippen molar-refractivity contribution in [1.29, 1.82) is 0 Å². The fraction of sp³-hybridized carbons (Fsp3) is 0.353. The van der Waals surface area contributed by atoms with Crippen molar-refractivity contribution in [2.75, 3.05) is 23.7 Å². The molecule has 22 heavy (non-hydrogen) atoms. The summed E-state index contributed by atoms with van der Waals surface area (Å²) in [4.78, 5) is 6.65. The van der Waals surface area contributed by atoms with Crippen LogP contribution in [0.1, 0.15) is 18.4 Å². The zero-order valence-corrected chi connectivity index (χ0v) is 13.1. The Morgan fingerprint density at radius 1 is 1.23 bits per heavy atom. The molecule has 1 fully saturated rings. The van der Waals surface area contributed by atoms with Crippen molar-refractivity contribution in [2.45, 2.75) is 19.3 Å². The van der Waals surface area contributed by atoms with E-state index in [1.54, 1.807) is 18.3 Å². The van der Waals surface area contributed by atoms with Crippen LogP contribution in [0.4, 0.5) is 15.9 Å². The van der Waals surface area contributed by atoms with Gasteiger partial charge in [-0.1, -0.05) is 17.7 Å². The van der Waals surface area contributed by atoms with E-state index in [9.17, 15) is 4.39 Å². The second-order valence-electron chi connectivity index (χ2n) is 5.83. The lowest BCUT2D eigenvalue weighted by molar-refractivity contribution is 0.402. The Kier molecular flexibility index (Phi) is 4.48. The number of nitrogens with zero attached hydrogens (tertiary/aromatic N) is 2. The lowest BCUT2D eigenvalue weighted by Crippen LogP contribution is -2.34. The van der Waals surface area contributed by atoms with Gasteiger partial charge in [0.15, 0.2) is 0 Å². The predicted octanol–water partition coefficient (Wildman–Crippen LogP) is 3.92. The Hall–Kier alpha value is -1.81. The summed E-state index contributed by atoms with van der Waals surface area (Å²) < 4.78 is 13.5. The number of pyridine rings is 1. The summed E-state index contributed by atoms with van der Waals surface area (Å²) in [5.74, 6) is 1.22. The van der Waals surface area contributed by atoms with Crippen LogP contribution < -0.4 is 10.6 Å². The Bertz CT molecular complexity index is 637. The summed E-state index contributed by atoms with van der Waals surface area (Å²) in [5.41, 5.74) is 7.37. The lowest BCUT2D eigenvalue weighted by atomic mass is 9.90. The topological polar surface area (TPSA) is 42.1 Å². The highest BCUT2D eigenvalue weighted by Crippen LogP contribution is 2.26. The number of hydrogen-bond acceptors (Lipinski definition) is 3. The average molecular weight is 320 g/mol. The summed E-state index contributed by atoms with van der Waals surface area (Å²) in [7, 11) is 0. The van der Waals surface area contributed by atoms with E-state index in [0.29, 0.717) is 11.6 Å². The van der Waals surface area contributed by atoms with E-state index in [2.05, 4.69) is 9.88 Å². The maximum atomic E-state index is 13.5. The van der Waals surface area contributed by atoms with E-state index in [1.807, 2.05) is 18.2 Å². The van der Waals surface area contributed by atoms with Crippen LogP contribution in [0.3, 0.4) is 0 Å². The number of hydrogen-bond donors (Lipinski definition) is 1. The van der Waals surface area contributed by atoms with Gasteiger partial charge < -0.3 is 10.6 Å². The standard InChI is InChI=1S/C17H19ClFN3/c18-15-3-1-13(10-16(15)19)9-12-5-7-22(8-6-12)17-4-2-14(20)11-21-17/h1-4,10-12H,5-9,20H2. The van der Waals surface area contributed by atoms with E-state index in [4.69, 9.17) is 17.3 Å². The second-order valence-corrected chi connectivity index (χ2v) is 6.24. The van der Waals surface area contributed by atoms with Crippen LogP contribution in [0, 0.1) is 11.7 Å². The van der Waals surface area contributed by atoms with E-state index < -0.39 is 0 Å². The molecule has 0 amide bonds. The minimum Gasteiger partial charge on any atom is -0.397 e. The minimum absolute atomic E-state index is 0.188. The maximum Gasteiger partial charge on any atom is 0.142 e. The SMILES string of the molecule is Nc1ccc(N2CCC(Cc3ccc(Cl)c(F)c3)CC2)nc1. The molecule has 3 nitrogen and oxygen atoms in total. The molecule has 0 spiro atoms. The monoisotopic (exact) mass is 319 g/mol. The van der Waals surface area contributed by atoms with Gasteiger partial charge >= 0.3 is 0 Å². The van der Waals surface area contributed by atoms with Crippen molar-refractivity contribution in [3.63, 3.8) is 0 Å². The molecule has 1 aliphatic heterocycles. The van der Waals surface area contributed by atoms with Gasteiger partial charge in [-0.25, -0.2) is 9.37 Å². The third-order valence-corrected chi connectivity index (χ3v) is 4.52. The van der Waals surface area contributed by atoms with Crippen LogP contribution in [0.25, 0.3) is 0 Å². The van der Waals surface area contributed by atoms with Crippen LogP contribution in [0.5, 0.6) is 0 Å². The van der Waals surface area contributed by atoms with Crippen LogP contribution in [0.2, 0.25) is 5.02 Å². The quantitative estimate of drug-likeness (QED) is 0.932. The molecule has 1 aromatic carbocycles. The molecule has 116 valence electrons. The van der Waals surface area contributed by atoms with Gasteiger partial charge in [0.2, 0.25) is 0 Å². The largest absolute Gasteiger partial charge is 0.397 e. The van der Waals surface area contributed by atoms with Gasteiger partial charge in [0.25, 0.3) is 0 Å². The number of piperidine rings is 1. The van der Waals surface area contributed by atoms with Gasteiger partial charge in [-0.05, 0) is 55.0 Å². The summed E-state index contributed by atoms with van der Waals surface area (Å²) in [5, 5.41) is 0.188. The molecule has 2 N–H and O–H groups in total. The number of aromatic nitrogens is 1. The molecule has 3 rings (SSSR count).